The maximum atomic E-state index is 15.1. The Hall–Kier alpha value is -2.02. The number of hydrogen-bond donors (Lipinski definition) is 1. The van der Waals surface area contributed by atoms with Crippen LogP contribution in [0.15, 0.2) is 27.9 Å². The van der Waals surface area contributed by atoms with Crippen molar-refractivity contribution in [2.75, 3.05) is 10.9 Å². The van der Waals surface area contributed by atoms with Crippen LogP contribution in [0.5, 0.6) is 5.75 Å². The first-order valence-electron chi connectivity index (χ1n) is 9.56. The molecule has 1 aromatic carbocycles. The molecule has 1 aliphatic heterocycles. The van der Waals surface area contributed by atoms with Gasteiger partial charge in [-0.1, -0.05) is 20.8 Å². The molecule has 3 rings (SSSR count). The van der Waals surface area contributed by atoms with Crippen LogP contribution in [0.4, 0.5) is 15.0 Å². The highest BCUT2D eigenvalue weighted by molar-refractivity contribution is 7.93. The standard InChI is InChI=1S/C19H25FN2O6S2Si/c1-19(2,3)31(4,5)28-14-6-7-27-15-9-16(13(20)8-12(14)15)30(25,26)22(18(23)24)17-10-29-11-21-17/h8-11,14H,6-7H2,1-5H3,(H,23,24)/t14-/m1/s1. The lowest BCUT2D eigenvalue weighted by atomic mass is 10.0. The van der Waals surface area contributed by atoms with Crippen LogP contribution in [0.25, 0.3) is 0 Å². The van der Waals surface area contributed by atoms with Crippen molar-refractivity contribution in [3.8, 4) is 5.75 Å². The Morgan fingerprint density at radius 1 is 1.39 bits per heavy atom. The molecule has 0 unspecified atom stereocenters. The van der Waals surface area contributed by atoms with Gasteiger partial charge in [-0.25, -0.2) is 22.6 Å². The van der Waals surface area contributed by atoms with Gasteiger partial charge in [-0.05, 0) is 24.2 Å². The highest BCUT2D eigenvalue weighted by atomic mass is 32.2. The molecule has 1 N–H and O–H groups in total. The van der Waals surface area contributed by atoms with Crippen molar-refractivity contribution in [1.82, 2.24) is 4.98 Å². The van der Waals surface area contributed by atoms with Gasteiger partial charge >= 0.3 is 6.09 Å². The molecule has 1 aliphatic rings. The SMILES string of the molecule is CC(C)(C)[Si](C)(C)O[C@@H]1CCOc2cc(S(=O)(=O)N(C(=O)O)c3cscn3)c(F)cc21. The van der Waals surface area contributed by atoms with Crippen LogP contribution in [0.1, 0.15) is 38.9 Å². The summed E-state index contributed by atoms with van der Waals surface area (Å²) in [5.41, 5.74) is 1.71. The second-order valence-corrected chi connectivity index (χ2v) is 16.0. The molecule has 0 saturated carbocycles. The monoisotopic (exact) mass is 488 g/mol. The Morgan fingerprint density at radius 3 is 2.61 bits per heavy atom. The average molecular weight is 489 g/mol. The number of anilines is 1. The van der Waals surface area contributed by atoms with E-state index in [0.29, 0.717) is 12.0 Å². The smallest absolute Gasteiger partial charge is 0.427 e. The maximum Gasteiger partial charge on any atom is 0.427 e. The fourth-order valence-electron chi connectivity index (χ4n) is 2.94. The van der Waals surface area contributed by atoms with E-state index < -0.39 is 41.3 Å². The van der Waals surface area contributed by atoms with Crippen molar-refractivity contribution in [2.24, 2.45) is 0 Å². The van der Waals surface area contributed by atoms with Gasteiger partial charge in [0.15, 0.2) is 14.1 Å². The predicted molar refractivity (Wildman–Crippen MR) is 117 cm³/mol. The maximum absolute atomic E-state index is 15.1. The van der Waals surface area contributed by atoms with Gasteiger partial charge in [0.2, 0.25) is 0 Å². The molecule has 1 atom stereocenters. The van der Waals surface area contributed by atoms with Gasteiger partial charge in [0, 0.05) is 23.4 Å². The third-order valence-electron chi connectivity index (χ3n) is 5.61. The van der Waals surface area contributed by atoms with E-state index in [2.05, 4.69) is 38.8 Å². The number of aromatic nitrogens is 1. The minimum atomic E-state index is -4.77. The number of sulfonamides is 1. The first-order chi connectivity index (χ1) is 14.3. The first kappa shape index (κ1) is 23.6. The Balaban J connectivity index is 2.04. The number of thiazole rings is 1. The summed E-state index contributed by atoms with van der Waals surface area (Å²) >= 11 is 1.02. The van der Waals surface area contributed by atoms with Crippen LogP contribution in [-0.2, 0) is 14.4 Å². The zero-order valence-corrected chi connectivity index (χ0v) is 20.5. The molecule has 0 bridgehead atoms. The quantitative estimate of drug-likeness (QED) is 0.590. The fraction of sp³-hybridized carbons (Fsp3) is 0.474. The number of nitrogens with zero attached hydrogens (tertiary/aromatic N) is 2. The Kier molecular flexibility index (Phi) is 6.22. The van der Waals surface area contributed by atoms with E-state index in [-0.39, 0.29) is 27.5 Å². The van der Waals surface area contributed by atoms with Crippen LogP contribution in [0.3, 0.4) is 0 Å². The second-order valence-electron chi connectivity index (χ2n) is 8.72. The fourth-order valence-corrected chi connectivity index (χ4v) is 6.14. The number of ether oxygens (including phenoxy) is 1. The number of halogens is 1. The van der Waals surface area contributed by atoms with Gasteiger partial charge in [-0.2, -0.15) is 0 Å². The van der Waals surface area contributed by atoms with E-state index in [1.165, 1.54) is 10.9 Å². The molecule has 12 heteroatoms. The van der Waals surface area contributed by atoms with Crippen LogP contribution in [0, 0.1) is 5.82 Å². The lowest BCUT2D eigenvalue weighted by Crippen LogP contribution is -2.42. The highest BCUT2D eigenvalue weighted by Crippen LogP contribution is 2.44. The van der Waals surface area contributed by atoms with Crippen molar-refractivity contribution in [2.45, 2.75) is 56.3 Å². The van der Waals surface area contributed by atoms with Crippen molar-refractivity contribution < 1.29 is 31.9 Å². The van der Waals surface area contributed by atoms with Crippen LogP contribution >= 0.6 is 11.3 Å². The molecule has 31 heavy (non-hydrogen) atoms. The van der Waals surface area contributed by atoms with E-state index in [9.17, 15) is 18.3 Å². The number of carboxylic acid groups (broad SMARTS) is 1. The molecule has 170 valence electrons. The largest absolute Gasteiger partial charge is 0.493 e. The van der Waals surface area contributed by atoms with E-state index in [1.807, 2.05) is 0 Å². The Labute approximate surface area is 185 Å². The molecule has 0 aliphatic carbocycles. The summed E-state index contributed by atoms with van der Waals surface area (Å²) < 4.78 is 53.2. The van der Waals surface area contributed by atoms with Gasteiger partial charge in [0.1, 0.15) is 16.5 Å². The average Bonchev–Trinajstić information content (AvgIpc) is 3.13. The third kappa shape index (κ3) is 4.47. The van der Waals surface area contributed by atoms with E-state index in [0.717, 1.165) is 23.5 Å². The number of amides is 1. The van der Waals surface area contributed by atoms with Gasteiger partial charge in [-0.15, -0.1) is 15.6 Å². The summed E-state index contributed by atoms with van der Waals surface area (Å²) in [7, 11) is -6.96. The molecule has 1 amide bonds. The molecule has 2 aromatic rings. The summed E-state index contributed by atoms with van der Waals surface area (Å²) in [5, 5.41) is 10.6. The lowest BCUT2D eigenvalue weighted by Gasteiger charge is -2.40. The third-order valence-corrected chi connectivity index (χ3v) is 12.4. The van der Waals surface area contributed by atoms with Gasteiger partial charge < -0.3 is 14.3 Å². The van der Waals surface area contributed by atoms with Crippen molar-refractivity contribution in [1.29, 1.82) is 0 Å². The van der Waals surface area contributed by atoms with Crippen molar-refractivity contribution in [3.05, 3.63) is 34.4 Å². The summed E-state index contributed by atoms with van der Waals surface area (Å²) in [4.78, 5) is 14.6. The highest BCUT2D eigenvalue weighted by Gasteiger charge is 2.42. The molecule has 0 fully saturated rings. The molecular formula is C19H25FN2O6S2Si. The lowest BCUT2D eigenvalue weighted by molar-refractivity contribution is 0.121. The topological polar surface area (TPSA) is 106 Å². The Bertz CT molecular complexity index is 1080. The number of benzene rings is 1. The second kappa shape index (κ2) is 8.15. The van der Waals surface area contributed by atoms with Crippen LogP contribution < -0.4 is 9.04 Å². The van der Waals surface area contributed by atoms with E-state index in [1.54, 1.807) is 0 Å². The number of carbonyl (C=O) groups is 1. The van der Waals surface area contributed by atoms with Gasteiger partial charge in [0.05, 0.1) is 18.2 Å². The minimum absolute atomic E-state index is 0.0563. The summed E-state index contributed by atoms with van der Waals surface area (Å²) in [5.74, 6) is -1.23. The minimum Gasteiger partial charge on any atom is -0.493 e. The Morgan fingerprint density at radius 2 is 2.06 bits per heavy atom. The summed E-state index contributed by atoms with van der Waals surface area (Å²) in [6.07, 6.45) is -1.72. The molecule has 0 spiro atoms. The molecular weight excluding hydrogens is 463 g/mol. The zero-order chi connectivity index (χ0) is 23.2. The van der Waals surface area contributed by atoms with E-state index >= 15 is 4.39 Å². The molecule has 0 saturated heterocycles. The zero-order valence-electron chi connectivity index (χ0n) is 17.9. The van der Waals surface area contributed by atoms with E-state index in [4.69, 9.17) is 9.16 Å². The molecule has 1 aromatic heterocycles. The predicted octanol–water partition coefficient (Wildman–Crippen LogP) is 5.00. The molecule has 2 heterocycles. The molecule has 0 radical (unpaired) electrons. The van der Waals surface area contributed by atoms with Crippen molar-refractivity contribution in [3.63, 3.8) is 0 Å². The number of rotatable bonds is 5. The summed E-state index contributed by atoms with van der Waals surface area (Å²) in [6, 6.07) is 2.10. The van der Waals surface area contributed by atoms with Crippen LogP contribution in [0.2, 0.25) is 18.1 Å². The van der Waals surface area contributed by atoms with Crippen LogP contribution in [-0.4, -0.2) is 39.5 Å². The van der Waals surface area contributed by atoms with Gasteiger partial charge in [0.25, 0.3) is 10.0 Å². The molecule has 8 nitrogen and oxygen atoms in total. The van der Waals surface area contributed by atoms with Gasteiger partial charge in [-0.3, -0.25) is 0 Å². The van der Waals surface area contributed by atoms with Crippen molar-refractivity contribution >= 4 is 41.6 Å². The summed E-state index contributed by atoms with van der Waals surface area (Å²) in [6.45, 7) is 10.7. The number of fused-ring (bicyclic) bond motifs is 1. The normalized spacial score (nSPS) is 17.0. The number of hydrogen-bond acceptors (Lipinski definition) is 7. The first-order valence-corrected chi connectivity index (χ1v) is 14.9.